The minimum absolute atomic E-state index is 0.0899. The van der Waals surface area contributed by atoms with E-state index in [4.69, 9.17) is 14.8 Å². The molecule has 0 aliphatic rings. The molecule has 1 aromatic heterocycles. The van der Waals surface area contributed by atoms with Crippen molar-refractivity contribution in [3.63, 3.8) is 0 Å². The highest BCUT2D eigenvalue weighted by atomic mass is 16.4. The summed E-state index contributed by atoms with van der Waals surface area (Å²) in [7, 11) is 0. The van der Waals surface area contributed by atoms with Crippen LogP contribution in [0.3, 0.4) is 0 Å². The number of carboxylic acid groups (broad SMARTS) is 1. The summed E-state index contributed by atoms with van der Waals surface area (Å²) in [6.07, 6.45) is 0.196. The van der Waals surface area contributed by atoms with Crippen LogP contribution in [-0.4, -0.2) is 11.1 Å². The van der Waals surface area contributed by atoms with E-state index in [1.165, 1.54) is 6.07 Å². The van der Waals surface area contributed by atoms with E-state index < -0.39 is 5.97 Å². The van der Waals surface area contributed by atoms with Crippen molar-refractivity contribution in [2.75, 3.05) is 0 Å². The van der Waals surface area contributed by atoms with Gasteiger partial charge in [0, 0.05) is 11.1 Å². The lowest BCUT2D eigenvalue weighted by Crippen LogP contribution is -1.91. The second-order valence-electron chi connectivity index (χ2n) is 3.68. The summed E-state index contributed by atoms with van der Waals surface area (Å²) in [6, 6.07) is 12.1. The Kier molecular flexibility index (Phi) is 3.66. The van der Waals surface area contributed by atoms with E-state index >= 15 is 0 Å². The van der Waals surface area contributed by atoms with E-state index in [-0.39, 0.29) is 12.2 Å². The predicted octanol–water partition coefficient (Wildman–Crippen LogP) is 2.91. The first-order valence-corrected chi connectivity index (χ1v) is 5.50. The average Bonchev–Trinajstić information content (AvgIpc) is 2.90. The van der Waals surface area contributed by atoms with E-state index in [1.54, 1.807) is 30.3 Å². The highest BCUT2D eigenvalue weighted by molar-refractivity contribution is 5.85. The van der Waals surface area contributed by atoms with Gasteiger partial charge in [-0.1, -0.05) is 24.0 Å². The number of carbonyl (C=O) groups is 1. The summed E-state index contributed by atoms with van der Waals surface area (Å²) in [6.45, 7) is 0. The van der Waals surface area contributed by atoms with E-state index in [0.29, 0.717) is 5.76 Å². The number of hydrogen-bond donors (Lipinski definition) is 1. The lowest BCUT2D eigenvalue weighted by Gasteiger charge is -1.96. The topological polar surface area (TPSA) is 74.2 Å². The summed E-state index contributed by atoms with van der Waals surface area (Å²) in [5.41, 5.74) is 1.57. The Morgan fingerprint density at radius 1 is 1.21 bits per heavy atom. The predicted molar refractivity (Wildman–Crippen MR) is 68.2 cm³/mol. The number of hydrogen-bond acceptors (Lipinski definition) is 3. The molecule has 2 rings (SSSR count). The molecule has 4 heteroatoms. The second-order valence-corrected chi connectivity index (χ2v) is 3.68. The zero-order valence-electron chi connectivity index (χ0n) is 9.88. The van der Waals surface area contributed by atoms with Gasteiger partial charge in [-0.25, -0.2) is 4.79 Å². The molecule has 92 valence electrons. The number of aromatic carboxylic acids is 1. The maximum Gasteiger partial charge on any atom is 0.371 e. The quantitative estimate of drug-likeness (QED) is 0.833. The Balaban J connectivity index is 2.21. The van der Waals surface area contributed by atoms with Gasteiger partial charge >= 0.3 is 5.97 Å². The fourth-order valence-corrected chi connectivity index (χ4v) is 1.51. The molecule has 2 aromatic rings. The van der Waals surface area contributed by atoms with Crippen molar-refractivity contribution in [1.82, 2.24) is 0 Å². The van der Waals surface area contributed by atoms with Crippen LogP contribution in [0.5, 0.6) is 0 Å². The third-order valence-electron chi connectivity index (χ3n) is 2.39. The second kappa shape index (κ2) is 5.57. The molecule has 4 nitrogen and oxygen atoms in total. The van der Waals surface area contributed by atoms with Gasteiger partial charge in [0.1, 0.15) is 5.76 Å². The van der Waals surface area contributed by atoms with Gasteiger partial charge in [-0.2, -0.15) is 5.26 Å². The minimum atomic E-state index is -1.09. The van der Waals surface area contributed by atoms with Crippen molar-refractivity contribution in [2.24, 2.45) is 0 Å². The van der Waals surface area contributed by atoms with E-state index in [9.17, 15) is 4.79 Å². The molecule has 1 N–H and O–H groups in total. The first-order chi connectivity index (χ1) is 9.20. The molecular formula is C15H9NO3. The fraction of sp³-hybridized carbons (Fsp3) is 0.0667. The highest BCUT2D eigenvalue weighted by Crippen LogP contribution is 2.22. The smallest absolute Gasteiger partial charge is 0.371 e. The molecule has 1 aromatic carbocycles. The van der Waals surface area contributed by atoms with Gasteiger partial charge in [-0.3, -0.25) is 0 Å². The molecule has 0 saturated carbocycles. The van der Waals surface area contributed by atoms with E-state index in [1.807, 2.05) is 6.07 Å². The monoisotopic (exact) mass is 251 g/mol. The number of furan rings is 1. The number of benzene rings is 1. The fourth-order valence-electron chi connectivity index (χ4n) is 1.51. The van der Waals surface area contributed by atoms with Gasteiger partial charge in [0.15, 0.2) is 0 Å². The first kappa shape index (κ1) is 12.5. The van der Waals surface area contributed by atoms with Crippen LogP contribution < -0.4 is 0 Å². The van der Waals surface area contributed by atoms with E-state index in [2.05, 4.69) is 11.8 Å². The van der Waals surface area contributed by atoms with Crippen molar-refractivity contribution in [3.8, 4) is 29.2 Å². The molecule has 0 unspecified atom stereocenters. The summed E-state index contributed by atoms with van der Waals surface area (Å²) >= 11 is 0. The van der Waals surface area contributed by atoms with Crippen molar-refractivity contribution >= 4 is 5.97 Å². The van der Waals surface area contributed by atoms with E-state index in [0.717, 1.165) is 11.1 Å². The summed E-state index contributed by atoms with van der Waals surface area (Å²) in [4.78, 5) is 10.7. The number of rotatable bonds is 2. The summed E-state index contributed by atoms with van der Waals surface area (Å²) in [5, 5.41) is 17.1. The van der Waals surface area contributed by atoms with Crippen molar-refractivity contribution in [2.45, 2.75) is 6.42 Å². The normalized spacial score (nSPS) is 9.21. The van der Waals surface area contributed by atoms with Gasteiger partial charge in [-0.05, 0) is 24.3 Å². The lowest BCUT2D eigenvalue weighted by atomic mass is 10.1. The van der Waals surface area contributed by atoms with Crippen LogP contribution in [0.2, 0.25) is 0 Å². The Bertz CT molecular complexity index is 693. The highest BCUT2D eigenvalue weighted by Gasteiger charge is 2.09. The number of nitrogens with zero attached hydrogens (tertiary/aromatic N) is 1. The third kappa shape index (κ3) is 3.02. The SMILES string of the molecule is N#CCC#Cc1ccc(-c2ccc(C(=O)O)o2)cc1. The average molecular weight is 251 g/mol. The first-order valence-electron chi connectivity index (χ1n) is 5.50. The number of nitriles is 1. The Morgan fingerprint density at radius 2 is 1.95 bits per heavy atom. The molecule has 0 spiro atoms. The van der Waals surface area contributed by atoms with Gasteiger partial charge in [-0.15, -0.1) is 0 Å². The van der Waals surface area contributed by atoms with Crippen LogP contribution >= 0.6 is 0 Å². The molecule has 0 aliphatic carbocycles. The van der Waals surface area contributed by atoms with Gasteiger partial charge in [0.2, 0.25) is 5.76 Å². The maximum absolute atomic E-state index is 10.7. The van der Waals surface area contributed by atoms with Gasteiger partial charge < -0.3 is 9.52 Å². The largest absolute Gasteiger partial charge is 0.475 e. The molecule has 0 atom stereocenters. The lowest BCUT2D eigenvalue weighted by molar-refractivity contribution is 0.0663. The van der Waals surface area contributed by atoms with Crippen molar-refractivity contribution < 1.29 is 14.3 Å². The van der Waals surface area contributed by atoms with Crippen LogP contribution in [-0.2, 0) is 0 Å². The van der Waals surface area contributed by atoms with Gasteiger partial charge in [0.05, 0.1) is 12.5 Å². The molecule has 0 fully saturated rings. The van der Waals surface area contributed by atoms with Crippen molar-refractivity contribution in [1.29, 1.82) is 5.26 Å². The Hall–Kier alpha value is -2.98. The van der Waals surface area contributed by atoms with Crippen LogP contribution in [0.4, 0.5) is 0 Å². The van der Waals surface area contributed by atoms with Crippen LogP contribution in [0.25, 0.3) is 11.3 Å². The molecular weight excluding hydrogens is 242 g/mol. The minimum Gasteiger partial charge on any atom is -0.475 e. The zero-order chi connectivity index (χ0) is 13.7. The van der Waals surface area contributed by atoms with Crippen molar-refractivity contribution in [3.05, 3.63) is 47.7 Å². The molecule has 0 aliphatic heterocycles. The van der Waals surface area contributed by atoms with Crippen LogP contribution in [0.1, 0.15) is 22.5 Å². The third-order valence-corrected chi connectivity index (χ3v) is 2.39. The Labute approximate surface area is 109 Å². The molecule has 19 heavy (non-hydrogen) atoms. The maximum atomic E-state index is 10.7. The molecule has 0 radical (unpaired) electrons. The molecule has 0 saturated heterocycles. The number of carboxylic acids is 1. The molecule has 0 amide bonds. The van der Waals surface area contributed by atoms with Crippen LogP contribution in [0, 0.1) is 23.2 Å². The Morgan fingerprint density at radius 3 is 2.53 bits per heavy atom. The molecule has 1 heterocycles. The van der Waals surface area contributed by atoms with Gasteiger partial charge in [0.25, 0.3) is 0 Å². The summed E-state index contributed by atoms with van der Waals surface area (Å²) in [5.74, 6) is 4.88. The zero-order valence-corrected chi connectivity index (χ0v) is 9.88. The molecule has 0 bridgehead atoms. The van der Waals surface area contributed by atoms with Crippen LogP contribution in [0.15, 0.2) is 40.8 Å². The standard InChI is InChI=1S/C15H9NO3/c16-10-2-1-3-11-4-6-12(7-5-11)13-8-9-14(19-13)15(17)18/h4-9H,2H2,(H,17,18). The summed E-state index contributed by atoms with van der Waals surface area (Å²) < 4.78 is 5.19.